The summed E-state index contributed by atoms with van der Waals surface area (Å²) in [4.78, 5) is 16.8. The van der Waals surface area contributed by atoms with Gasteiger partial charge in [-0.05, 0) is 72.7 Å². The molecule has 0 saturated heterocycles. The minimum Gasteiger partial charge on any atom is -0.473 e. The summed E-state index contributed by atoms with van der Waals surface area (Å²) in [6.45, 7) is 2.43. The summed E-state index contributed by atoms with van der Waals surface area (Å²) in [5.41, 5.74) is 5.91. The van der Waals surface area contributed by atoms with E-state index in [2.05, 4.69) is 11.1 Å². The molecule has 1 aromatic heterocycles. The van der Waals surface area contributed by atoms with Gasteiger partial charge in [0, 0.05) is 11.6 Å². The van der Waals surface area contributed by atoms with Crippen LogP contribution >= 0.6 is 0 Å². The molecule has 168 valence electrons. The summed E-state index contributed by atoms with van der Waals surface area (Å²) < 4.78 is 11.1. The maximum Gasteiger partial charge on any atom is 0.310 e. The smallest absolute Gasteiger partial charge is 0.310 e. The lowest BCUT2D eigenvalue weighted by atomic mass is 9.93. The third-order valence-electron chi connectivity index (χ3n) is 5.78. The number of aryl methyl sites for hydroxylation is 1. The van der Waals surface area contributed by atoms with E-state index in [1.54, 1.807) is 13.0 Å². The van der Waals surface area contributed by atoms with Gasteiger partial charge in [0.2, 0.25) is 5.88 Å². The number of rotatable bonds is 3. The number of aliphatic hydroxyl groups is 1. The number of carbonyl (C=O) groups excluding carboxylic acids is 1. The van der Waals surface area contributed by atoms with Gasteiger partial charge in [0.15, 0.2) is 0 Å². The number of pyridine rings is 1. The van der Waals surface area contributed by atoms with E-state index in [4.69, 9.17) is 9.47 Å². The number of hydrogen-bond donors (Lipinski definition) is 1. The molecule has 0 spiro atoms. The molecular formula is C27H26N2O4. The number of ether oxygens (including phenoxy) is 2. The van der Waals surface area contributed by atoms with E-state index in [1.807, 2.05) is 48.5 Å². The van der Waals surface area contributed by atoms with Gasteiger partial charge in [0.25, 0.3) is 0 Å². The average Bonchev–Trinajstić information content (AvgIpc) is 2.82. The first-order valence-corrected chi connectivity index (χ1v) is 11.1. The van der Waals surface area contributed by atoms with Gasteiger partial charge in [0.05, 0.1) is 36.5 Å². The lowest BCUT2D eigenvalue weighted by molar-refractivity contribution is -0.142. The minimum absolute atomic E-state index is 0.185. The summed E-state index contributed by atoms with van der Waals surface area (Å²) in [6.07, 6.45) is 1.12. The van der Waals surface area contributed by atoms with E-state index in [-0.39, 0.29) is 12.4 Å². The molecule has 0 radical (unpaired) electrons. The lowest BCUT2D eigenvalue weighted by Crippen LogP contribution is -2.15. The van der Waals surface area contributed by atoms with E-state index in [9.17, 15) is 15.2 Å². The Bertz CT molecular complexity index is 1200. The molecule has 6 heteroatoms. The van der Waals surface area contributed by atoms with Gasteiger partial charge in [-0.15, -0.1) is 0 Å². The van der Waals surface area contributed by atoms with Crippen molar-refractivity contribution in [3.8, 4) is 23.2 Å². The Morgan fingerprint density at radius 3 is 2.88 bits per heavy atom. The SMILES string of the molecule is CCOC(=O)Cc1ccc2cc1CCC(O)Cc1cc(C#N)ccc1COc1cccc-2n1. The number of nitrogens with zero attached hydrogens (tertiary/aromatic N) is 2. The molecule has 0 saturated carbocycles. The third kappa shape index (κ3) is 5.57. The van der Waals surface area contributed by atoms with Crippen LogP contribution in [0.3, 0.4) is 0 Å². The van der Waals surface area contributed by atoms with Crippen molar-refractivity contribution < 1.29 is 19.4 Å². The van der Waals surface area contributed by atoms with Gasteiger partial charge in [-0.2, -0.15) is 5.26 Å². The molecule has 4 rings (SSSR count). The van der Waals surface area contributed by atoms with Crippen molar-refractivity contribution >= 4 is 5.97 Å². The summed E-state index contributed by atoms with van der Waals surface area (Å²) in [6, 6.07) is 19.1. The van der Waals surface area contributed by atoms with Crippen molar-refractivity contribution in [2.45, 2.75) is 45.3 Å². The Hall–Kier alpha value is -3.69. The molecule has 1 N–H and O–H groups in total. The van der Waals surface area contributed by atoms with Gasteiger partial charge < -0.3 is 14.6 Å². The van der Waals surface area contributed by atoms with Gasteiger partial charge in [-0.3, -0.25) is 4.79 Å². The fraction of sp³-hybridized carbons (Fsp3) is 0.296. The number of aliphatic hydroxyl groups excluding tert-OH is 1. The van der Waals surface area contributed by atoms with Crippen LogP contribution in [0.5, 0.6) is 5.88 Å². The molecule has 4 bridgehead atoms. The zero-order chi connectivity index (χ0) is 23.2. The molecule has 0 amide bonds. The molecule has 6 nitrogen and oxygen atoms in total. The Morgan fingerprint density at radius 2 is 2.06 bits per heavy atom. The third-order valence-corrected chi connectivity index (χ3v) is 5.78. The van der Waals surface area contributed by atoms with E-state index in [0.29, 0.717) is 43.9 Å². The van der Waals surface area contributed by atoms with Gasteiger partial charge >= 0.3 is 5.97 Å². The van der Waals surface area contributed by atoms with E-state index in [1.165, 1.54) is 0 Å². The molecule has 2 aromatic carbocycles. The average molecular weight is 443 g/mol. The van der Waals surface area contributed by atoms with E-state index < -0.39 is 6.10 Å². The standard InChI is InChI=1S/C27H26N2O4/c1-2-32-27(31)15-20-8-9-21-13-19(20)10-11-24(30)14-23-12-18(16-28)6-7-22(23)17-33-26-5-3-4-25(21)29-26/h3-9,12-13,24,30H,2,10-11,14-15,17H2,1H3. The molecule has 2 heterocycles. The molecule has 1 aliphatic rings. The van der Waals surface area contributed by atoms with E-state index in [0.717, 1.165) is 33.5 Å². The molecule has 0 fully saturated rings. The molecular weight excluding hydrogens is 416 g/mol. The zero-order valence-electron chi connectivity index (χ0n) is 18.6. The van der Waals surface area contributed by atoms with Crippen LogP contribution in [-0.2, 0) is 35.4 Å². The second-order valence-electron chi connectivity index (χ2n) is 8.11. The summed E-state index contributed by atoms with van der Waals surface area (Å²) >= 11 is 0. The van der Waals surface area contributed by atoms with Crippen LogP contribution < -0.4 is 4.74 Å². The summed E-state index contributed by atoms with van der Waals surface area (Å²) in [5.74, 6) is 0.227. The highest BCUT2D eigenvalue weighted by molar-refractivity contribution is 5.74. The first kappa shape index (κ1) is 22.5. The molecule has 1 atom stereocenters. The highest BCUT2D eigenvalue weighted by Gasteiger charge is 2.16. The monoisotopic (exact) mass is 442 g/mol. The highest BCUT2D eigenvalue weighted by atomic mass is 16.5. The number of nitriles is 1. The number of benzene rings is 2. The van der Waals surface area contributed by atoms with Crippen LogP contribution in [0.1, 0.15) is 41.2 Å². The first-order valence-electron chi connectivity index (χ1n) is 11.1. The number of esters is 1. The van der Waals surface area contributed by atoms with E-state index >= 15 is 0 Å². The predicted molar refractivity (Wildman–Crippen MR) is 124 cm³/mol. The van der Waals surface area contributed by atoms with Crippen molar-refractivity contribution in [1.82, 2.24) is 4.98 Å². The number of carbonyl (C=O) groups is 1. The van der Waals surface area contributed by atoms with Crippen LogP contribution in [0.15, 0.2) is 54.6 Å². The van der Waals surface area contributed by atoms with Gasteiger partial charge in [0.1, 0.15) is 6.61 Å². The zero-order valence-corrected chi connectivity index (χ0v) is 18.6. The fourth-order valence-corrected chi connectivity index (χ4v) is 4.07. The maximum absolute atomic E-state index is 12.1. The summed E-state index contributed by atoms with van der Waals surface area (Å²) in [5, 5.41) is 20.1. The Labute approximate surface area is 193 Å². The largest absolute Gasteiger partial charge is 0.473 e. The molecule has 1 aliphatic heterocycles. The Kier molecular flexibility index (Phi) is 7.01. The number of hydrogen-bond acceptors (Lipinski definition) is 6. The highest BCUT2D eigenvalue weighted by Crippen LogP contribution is 2.26. The maximum atomic E-state index is 12.1. The quantitative estimate of drug-likeness (QED) is 0.613. The summed E-state index contributed by atoms with van der Waals surface area (Å²) in [7, 11) is 0. The minimum atomic E-state index is -0.601. The topological polar surface area (TPSA) is 92.4 Å². The second-order valence-corrected chi connectivity index (χ2v) is 8.11. The normalized spacial score (nSPS) is 15.4. The van der Waals surface area contributed by atoms with Crippen molar-refractivity contribution in [3.63, 3.8) is 0 Å². The van der Waals surface area contributed by atoms with Crippen LogP contribution in [0, 0.1) is 11.3 Å². The fourth-order valence-electron chi connectivity index (χ4n) is 4.07. The lowest BCUT2D eigenvalue weighted by Gasteiger charge is -2.18. The number of aromatic nitrogens is 1. The van der Waals surface area contributed by atoms with Crippen LogP contribution in [-0.4, -0.2) is 28.8 Å². The van der Waals surface area contributed by atoms with Crippen molar-refractivity contribution in [3.05, 3.63) is 82.4 Å². The van der Waals surface area contributed by atoms with Crippen LogP contribution in [0.25, 0.3) is 11.3 Å². The van der Waals surface area contributed by atoms with Crippen molar-refractivity contribution in [2.24, 2.45) is 0 Å². The van der Waals surface area contributed by atoms with Crippen molar-refractivity contribution in [2.75, 3.05) is 6.61 Å². The molecule has 0 aliphatic carbocycles. The predicted octanol–water partition coefficient (Wildman–Crippen LogP) is 4.15. The second kappa shape index (κ2) is 10.3. The van der Waals surface area contributed by atoms with Gasteiger partial charge in [-0.1, -0.05) is 24.3 Å². The van der Waals surface area contributed by atoms with Crippen LogP contribution in [0.4, 0.5) is 0 Å². The number of fused-ring (bicyclic) bond motifs is 6. The molecule has 1 unspecified atom stereocenters. The van der Waals surface area contributed by atoms with Gasteiger partial charge in [-0.25, -0.2) is 4.98 Å². The molecule has 33 heavy (non-hydrogen) atoms. The van der Waals surface area contributed by atoms with Crippen molar-refractivity contribution in [1.29, 1.82) is 5.26 Å². The Morgan fingerprint density at radius 1 is 1.18 bits per heavy atom. The Balaban J connectivity index is 1.72. The molecule has 3 aromatic rings. The van der Waals surface area contributed by atoms with Crippen LogP contribution in [0.2, 0.25) is 0 Å². The first-order chi connectivity index (χ1) is 16.1.